The number of nitrogens with zero attached hydrogens (tertiary/aromatic N) is 2. The van der Waals surface area contributed by atoms with Crippen molar-refractivity contribution in [3.05, 3.63) is 100 Å². The monoisotopic (exact) mass is 402 g/mol. The van der Waals surface area contributed by atoms with Crippen molar-refractivity contribution in [3.63, 3.8) is 0 Å². The SMILES string of the molecule is COc1ccccc1/C=C1/N=C(c2ccc(Cl)cc2)N(c2ccc(C)cc2)C1=O. The number of carbonyl (C=O) groups excluding carboxylic acids is 1. The molecule has 0 fully saturated rings. The van der Waals surface area contributed by atoms with E-state index in [1.54, 1.807) is 30.2 Å². The molecule has 3 aromatic carbocycles. The molecule has 0 aliphatic carbocycles. The number of amides is 1. The zero-order valence-electron chi connectivity index (χ0n) is 16.1. The van der Waals surface area contributed by atoms with Gasteiger partial charge in [0.15, 0.2) is 0 Å². The fourth-order valence-corrected chi connectivity index (χ4v) is 3.30. The van der Waals surface area contributed by atoms with E-state index < -0.39 is 0 Å². The van der Waals surface area contributed by atoms with Crippen molar-refractivity contribution in [2.24, 2.45) is 4.99 Å². The van der Waals surface area contributed by atoms with Gasteiger partial charge < -0.3 is 4.74 Å². The topological polar surface area (TPSA) is 41.9 Å². The summed E-state index contributed by atoms with van der Waals surface area (Å²) >= 11 is 6.04. The molecule has 0 saturated heterocycles. The maximum atomic E-state index is 13.3. The highest BCUT2D eigenvalue weighted by Gasteiger charge is 2.32. The highest BCUT2D eigenvalue weighted by Crippen LogP contribution is 2.30. The summed E-state index contributed by atoms with van der Waals surface area (Å²) in [4.78, 5) is 19.6. The molecule has 0 N–H and O–H groups in total. The van der Waals surface area contributed by atoms with Gasteiger partial charge in [-0.2, -0.15) is 0 Å². The first-order chi connectivity index (χ1) is 14.1. The second-order valence-electron chi connectivity index (χ2n) is 6.69. The standard InChI is InChI=1S/C24H19ClN2O2/c1-16-7-13-20(14-8-16)27-23(17-9-11-19(25)12-10-17)26-21(24(27)28)15-18-5-3-4-6-22(18)29-2/h3-15H,1-2H3/b21-15+. The molecule has 0 bridgehead atoms. The van der Waals surface area contributed by atoms with Gasteiger partial charge in [-0.25, -0.2) is 4.99 Å². The van der Waals surface area contributed by atoms with Gasteiger partial charge in [-0.05, 0) is 55.5 Å². The Morgan fingerprint density at radius 2 is 1.66 bits per heavy atom. The van der Waals surface area contributed by atoms with Crippen molar-refractivity contribution in [1.82, 2.24) is 0 Å². The average molecular weight is 403 g/mol. The summed E-state index contributed by atoms with van der Waals surface area (Å²) in [5, 5.41) is 0.630. The second-order valence-corrected chi connectivity index (χ2v) is 7.13. The average Bonchev–Trinajstić information content (AvgIpc) is 3.06. The maximum Gasteiger partial charge on any atom is 0.282 e. The normalized spacial score (nSPS) is 15.0. The lowest BCUT2D eigenvalue weighted by Gasteiger charge is -2.18. The molecule has 1 aliphatic rings. The van der Waals surface area contributed by atoms with Crippen LogP contribution in [0.2, 0.25) is 5.02 Å². The van der Waals surface area contributed by atoms with Gasteiger partial charge in [-0.3, -0.25) is 9.69 Å². The Morgan fingerprint density at radius 1 is 0.966 bits per heavy atom. The molecule has 1 amide bonds. The number of para-hydroxylation sites is 1. The Balaban J connectivity index is 1.83. The molecule has 4 nitrogen and oxygen atoms in total. The molecule has 0 atom stereocenters. The number of carbonyl (C=O) groups is 1. The Morgan fingerprint density at radius 3 is 2.34 bits per heavy atom. The van der Waals surface area contributed by atoms with E-state index in [1.165, 1.54) is 0 Å². The first-order valence-corrected chi connectivity index (χ1v) is 9.55. The summed E-state index contributed by atoms with van der Waals surface area (Å²) in [7, 11) is 1.61. The van der Waals surface area contributed by atoms with Crippen LogP contribution in [-0.4, -0.2) is 18.9 Å². The minimum absolute atomic E-state index is 0.190. The molecule has 3 aromatic rings. The van der Waals surface area contributed by atoms with Crippen LogP contribution in [0.15, 0.2) is 83.5 Å². The highest BCUT2D eigenvalue weighted by molar-refractivity contribution is 6.34. The number of hydrogen-bond acceptors (Lipinski definition) is 3. The van der Waals surface area contributed by atoms with Crippen LogP contribution in [0.25, 0.3) is 6.08 Å². The number of amidine groups is 1. The second kappa shape index (κ2) is 7.94. The van der Waals surface area contributed by atoms with E-state index in [9.17, 15) is 4.79 Å². The van der Waals surface area contributed by atoms with Gasteiger partial charge in [0.05, 0.1) is 12.8 Å². The predicted molar refractivity (Wildman–Crippen MR) is 118 cm³/mol. The Kier molecular flexibility index (Phi) is 5.19. The maximum absolute atomic E-state index is 13.3. The third-order valence-electron chi connectivity index (χ3n) is 4.69. The lowest BCUT2D eigenvalue weighted by Crippen LogP contribution is -2.32. The molecule has 5 heteroatoms. The van der Waals surface area contributed by atoms with E-state index in [0.717, 1.165) is 22.4 Å². The van der Waals surface area contributed by atoms with Crippen molar-refractivity contribution in [2.45, 2.75) is 6.92 Å². The Hall–Kier alpha value is -3.37. The van der Waals surface area contributed by atoms with Crippen LogP contribution in [0, 0.1) is 6.92 Å². The van der Waals surface area contributed by atoms with E-state index >= 15 is 0 Å². The highest BCUT2D eigenvalue weighted by atomic mass is 35.5. The molecule has 144 valence electrons. The first kappa shape index (κ1) is 19.0. The predicted octanol–water partition coefficient (Wildman–Crippen LogP) is 5.49. The fraction of sp³-hybridized carbons (Fsp3) is 0.0833. The van der Waals surface area contributed by atoms with E-state index in [-0.39, 0.29) is 5.91 Å². The van der Waals surface area contributed by atoms with Gasteiger partial charge >= 0.3 is 0 Å². The number of aryl methyl sites for hydroxylation is 1. The van der Waals surface area contributed by atoms with Gasteiger partial charge in [0.1, 0.15) is 17.3 Å². The van der Waals surface area contributed by atoms with Gasteiger partial charge in [-0.15, -0.1) is 0 Å². The smallest absolute Gasteiger partial charge is 0.282 e. The number of benzene rings is 3. The number of halogens is 1. The van der Waals surface area contributed by atoms with Crippen LogP contribution in [0.5, 0.6) is 5.75 Å². The van der Waals surface area contributed by atoms with Gasteiger partial charge in [0.2, 0.25) is 0 Å². The zero-order chi connectivity index (χ0) is 20.4. The van der Waals surface area contributed by atoms with Crippen LogP contribution in [-0.2, 0) is 4.79 Å². The molecule has 29 heavy (non-hydrogen) atoms. The number of ether oxygens (including phenoxy) is 1. The van der Waals surface area contributed by atoms with Gasteiger partial charge in [0.25, 0.3) is 5.91 Å². The van der Waals surface area contributed by atoms with E-state index in [2.05, 4.69) is 4.99 Å². The molecular weight excluding hydrogens is 384 g/mol. The quantitative estimate of drug-likeness (QED) is 0.541. The summed E-state index contributed by atoms with van der Waals surface area (Å²) in [6.07, 6.45) is 1.76. The molecule has 0 unspecified atom stereocenters. The fourth-order valence-electron chi connectivity index (χ4n) is 3.18. The molecule has 0 aromatic heterocycles. The third kappa shape index (κ3) is 3.80. The Labute approximate surface area is 174 Å². The number of anilines is 1. The molecule has 1 heterocycles. The summed E-state index contributed by atoms with van der Waals surface area (Å²) < 4.78 is 5.41. The van der Waals surface area contributed by atoms with E-state index in [4.69, 9.17) is 16.3 Å². The number of aliphatic imine (C=N–C) groups is 1. The molecular formula is C24H19ClN2O2. The molecule has 1 aliphatic heterocycles. The first-order valence-electron chi connectivity index (χ1n) is 9.17. The lowest BCUT2D eigenvalue weighted by molar-refractivity contribution is -0.113. The van der Waals surface area contributed by atoms with Crippen molar-refractivity contribution in [3.8, 4) is 5.75 Å². The summed E-state index contributed by atoms with van der Waals surface area (Å²) in [6.45, 7) is 2.01. The van der Waals surface area contributed by atoms with Gasteiger partial charge in [0, 0.05) is 16.1 Å². The molecule has 0 spiro atoms. The van der Waals surface area contributed by atoms with Crippen LogP contribution in [0.1, 0.15) is 16.7 Å². The number of hydrogen-bond donors (Lipinski definition) is 0. The van der Waals surface area contributed by atoms with Crippen LogP contribution < -0.4 is 9.64 Å². The molecule has 0 saturated carbocycles. The van der Waals surface area contributed by atoms with E-state index in [0.29, 0.717) is 22.3 Å². The zero-order valence-corrected chi connectivity index (χ0v) is 16.9. The molecule has 4 rings (SSSR count). The van der Waals surface area contributed by atoms with Crippen LogP contribution >= 0.6 is 11.6 Å². The summed E-state index contributed by atoms with van der Waals surface area (Å²) in [5.41, 5.74) is 3.84. The largest absolute Gasteiger partial charge is 0.496 e. The van der Waals surface area contributed by atoms with Crippen molar-refractivity contribution < 1.29 is 9.53 Å². The van der Waals surface area contributed by atoms with Gasteiger partial charge in [-0.1, -0.05) is 47.5 Å². The van der Waals surface area contributed by atoms with Crippen molar-refractivity contribution in [2.75, 3.05) is 12.0 Å². The number of methoxy groups -OCH3 is 1. The minimum atomic E-state index is -0.190. The number of rotatable bonds is 4. The lowest BCUT2D eigenvalue weighted by atomic mass is 10.1. The minimum Gasteiger partial charge on any atom is -0.496 e. The third-order valence-corrected chi connectivity index (χ3v) is 4.94. The van der Waals surface area contributed by atoms with Crippen molar-refractivity contribution >= 4 is 35.1 Å². The van der Waals surface area contributed by atoms with Crippen molar-refractivity contribution in [1.29, 1.82) is 0 Å². The van der Waals surface area contributed by atoms with E-state index in [1.807, 2.05) is 67.6 Å². The van der Waals surface area contributed by atoms with Crippen LogP contribution in [0.4, 0.5) is 5.69 Å². The Bertz CT molecular complexity index is 1120. The van der Waals surface area contributed by atoms with Crippen LogP contribution in [0.3, 0.4) is 0 Å². The molecule has 0 radical (unpaired) electrons. The summed E-state index contributed by atoms with van der Waals surface area (Å²) in [5.74, 6) is 1.06. The summed E-state index contributed by atoms with van der Waals surface area (Å²) in [6, 6.07) is 22.6.